The Kier molecular flexibility index (Phi) is 5.38. The van der Waals surface area contributed by atoms with Gasteiger partial charge in [-0.05, 0) is 49.1 Å². The molecule has 8 nitrogen and oxygen atoms in total. The summed E-state index contributed by atoms with van der Waals surface area (Å²) < 4.78 is 0. The Morgan fingerprint density at radius 1 is 1.19 bits per heavy atom. The molecule has 2 fully saturated rings. The van der Waals surface area contributed by atoms with Crippen LogP contribution in [-0.2, 0) is 13.0 Å². The second-order valence-electron chi connectivity index (χ2n) is 8.57. The van der Waals surface area contributed by atoms with Gasteiger partial charge in [0.1, 0.15) is 11.4 Å². The molecular weight excluding hydrogens is 404 g/mol. The first kappa shape index (κ1) is 20.6. The number of rotatable bonds is 5. The quantitative estimate of drug-likeness (QED) is 0.641. The second kappa shape index (κ2) is 8.35. The maximum atomic E-state index is 12.2. The number of nitrogens with zero attached hydrogens (tertiary/aromatic N) is 4. The van der Waals surface area contributed by atoms with E-state index >= 15 is 0 Å². The van der Waals surface area contributed by atoms with Crippen LogP contribution < -0.4 is 15.8 Å². The minimum absolute atomic E-state index is 0.0964. The van der Waals surface area contributed by atoms with Crippen LogP contribution in [0, 0.1) is 0 Å². The van der Waals surface area contributed by atoms with Crippen LogP contribution in [0.4, 0.5) is 5.69 Å². The lowest BCUT2D eigenvalue weighted by Gasteiger charge is -2.54. The molecule has 1 aliphatic heterocycles. The normalized spacial score (nSPS) is 20.6. The molecule has 32 heavy (non-hydrogen) atoms. The smallest absolute Gasteiger partial charge is 0.270 e. The zero-order valence-corrected chi connectivity index (χ0v) is 18.5. The number of nitrogens with one attached hydrogen (secondary N) is 2. The van der Waals surface area contributed by atoms with E-state index in [0.717, 1.165) is 42.8 Å². The number of benzene rings is 1. The van der Waals surface area contributed by atoms with E-state index in [9.17, 15) is 9.59 Å². The van der Waals surface area contributed by atoms with Crippen molar-refractivity contribution in [3.8, 4) is 0 Å². The molecule has 1 aliphatic carbocycles. The number of amides is 1. The molecule has 166 valence electrons. The van der Waals surface area contributed by atoms with Crippen LogP contribution in [0.1, 0.15) is 41.5 Å². The number of fused-ring (bicyclic) bond motifs is 2. The first-order chi connectivity index (χ1) is 15.6. The monoisotopic (exact) mass is 432 g/mol. The van der Waals surface area contributed by atoms with Gasteiger partial charge in [0.25, 0.3) is 11.5 Å². The van der Waals surface area contributed by atoms with Crippen molar-refractivity contribution >= 4 is 22.6 Å². The Morgan fingerprint density at radius 3 is 2.72 bits per heavy atom. The van der Waals surface area contributed by atoms with Crippen LogP contribution in [-0.4, -0.2) is 58.0 Å². The predicted molar refractivity (Wildman–Crippen MR) is 124 cm³/mol. The fraction of sp³-hybridized carbons (Fsp3) is 0.417. The van der Waals surface area contributed by atoms with Gasteiger partial charge in [0.15, 0.2) is 0 Å². The Bertz CT molecular complexity index is 1210. The van der Waals surface area contributed by atoms with E-state index in [-0.39, 0.29) is 11.5 Å². The number of aromatic amines is 1. The maximum absolute atomic E-state index is 12.2. The molecule has 1 saturated carbocycles. The highest BCUT2D eigenvalue weighted by Gasteiger charge is 2.42. The zero-order valence-electron chi connectivity index (χ0n) is 18.5. The van der Waals surface area contributed by atoms with E-state index in [4.69, 9.17) is 0 Å². The second-order valence-corrected chi connectivity index (χ2v) is 8.57. The highest BCUT2D eigenvalue weighted by Crippen LogP contribution is 2.37. The van der Waals surface area contributed by atoms with Gasteiger partial charge in [0.2, 0.25) is 0 Å². The number of carbonyl (C=O) groups is 1. The highest BCUT2D eigenvalue weighted by molar-refractivity contribution is 5.92. The highest BCUT2D eigenvalue weighted by atomic mass is 16.1. The third-order valence-corrected chi connectivity index (χ3v) is 6.79. The molecule has 2 aromatic heterocycles. The molecule has 2 atom stereocenters. The number of H-pyrrole nitrogens is 1. The van der Waals surface area contributed by atoms with Gasteiger partial charge >= 0.3 is 0 Å². The summed E-state index contributed by atoms with van der Waals surface area (Å²) in [5.74, 6) is -0.166. The average Bonchev–Trinajstić information content (AvgIpc) is 2.79. The van der Waals surface area contributed by atoms with Gasteiger partial charge in [0.05, 0.1) is 22.9 Å². The van der Waals surface area contributed by atoms with E-state index in [1.807, 2.05) is 25.3 Å². The van der Waals surface area contributed by atoms with Gasteiger partial charge in [-0.15, -0.1) is 0 Å². The van der Waals surface area contributed by atoms with E-state index in [2.05, 4.69) is 42.2 Å². The van der Waals surface area contributed by atoms with Crippen molar-refractivity contribution in [3.05, 3.63) is 63.8 Å². The van der Waals surface area contributed by atoms with Crippen LogP contribution in [0.5, 0.6) is 0 Å². The molecule has 0 unspecified atom stereocenters. The summed E-state index contributed by atoms with van der Waals surface area (Å²) in [6.45, 7) is 4.68. The number of anilines is 1. The minimum atomic E-state index is -0.166. The lowest BCUT2D eigenvalue weighted by Crippen LogP contribution is -2.64. The van der Waals surface area contributed by atoms with Crippen molar-refractivity contribution < 1.29 is 4.79 Å². The molecule has 2 aliphatic rings. The summed E-state index contributed by atoms with van der Waals surface area (Å²) in [7, 11) is 1.61. The zero-order chi connectivity index (χ0) is 22.2. The Balaban J connectivity index is 1.30. The van der Waals surface area contributed by atoms with Crippen LogP contribution >= 0.6 is 0 Å². The Morgan fingerprint density at radius 2 is 2.03 bits per heavy atom. The van der Waals surface area contributed by atoms with Crippen molar-refractivity contribution in [2.45, 2.75) is 44.8 Å². The van der Waals surface area contributed by atoms with Gasteiger partial charge in [0, 0.05) is 38.8 Å². The fourth-order valence-electron chi connectivity index (χ4n) is 4.90. The first-order valence-corrected chi connectivity index (χ1v) is 11.3. The maximum Gasteiger partial charge on any atom is 0.270 e. The molecule has 3 aromatic rings. The van der Waals surface area contributed by atoms with Crippen LogP contribution in [0.25, 0.3) is 11.0 Å². The Labute approximate surface area is 186 Å². The molecule has 2 N–H and O–H groups in total. The molecule has 1 aromatic carbocycles. The van der Waals surface area contributed by atoms with E-state index in [1.54, 1.807) is 13.1 Å². The van der Waals surface area contributed by atoms with Gasteiger partial charge in [-0.1, -0.05) is 13.0 Å². The van der Waals surface area contributed by atoms with E-state index < -0.39 is 0 Å². The number of hydrogen-bond donors (Lipinski definition) is 2. The average molecular weight is 433 g/mol. The third kappa shape index (κ3) is 3.64. The Hall–Kier alpha value is -3.26. The summed E-state index contributed by atoms with van der Waals surface area (Å²) in [6.07, 6.45) is 4.78. The minimum Gasteiger partial charge on any atom is -0.364 e. The molecule has 1 saturated heterocycles. The lowest BCUT2D eigenvalue weighted by atomic mass is 9.81. The van der Waals surface area contributed by atoms with E-state index in [1.165, 1.54) is 12.0 Å². The summed E-state index contributed by atoms with van der Waals surface area (Å²) in [5.41, 5.74) is 4.83. The summed E-state index contributed by atoms with van der Waals surface area (Å²) in [5, 5.41) is 2.61. The standard InChI is InChI=1S/C24H28N6O2/c1-3-17-24(32)28-20-12-15(4-6-18(20)27-17)14-29-10-11-30(22-9-8-21(22)29)16-5-7-19(26-13-16)23(31)25-2/h4-7,12-13,21-22H,3,8-11,14H2,1-2H3,(H,25,31)(H,28,32)/t21-,22+/m0/s1. The summed E-state index contributed by atoms with van der Waals surface area (Å²) >= 11 is 0. The topological polar surface area (TPSA) is 94.2 Å². The van der Waals surface area contributed by atoms with Crippen molar-refractivity contribution in [2.75, 3.05) is 25.0 Å². The van der Waals surface area contributed by atoms with Crippen LogP contribution in [0.15, 0.2) is 41.3 Å². The van der Waals surface area contributed by atoms with Gasteiger partial charge in [-0.25, -0.2) is 9.97 Å². The molecule has 0 bridgehead atoms. The molecule has 8 heteroatoms. The van der Waals surface area contributed by atoms with Crippen molar-refractivity contribution in [1.82, 2.24) is 25.2 Å². The number of aryl methyl sites for hydroxylation is 1. The third-order valence-electron chi connectivity index (χ3n) is 6.79. The van der Waals surface area contributed by atoms with Crippen LogP contribution in [0.3, 0.4) is 0 Å². The largest absolute Gasteiger partial charge is 0.364 e. The molecule has 3 heterocycles. The lowest BCUT2D eigenvalue weighted by molar-refractivity contribution is 0.0659. The van der Waals surface area contributed by atoms with Gasteiger partial charge in [-0.3, -0.25) is 14.5 Å². The summed E-state index contributed by atoms with van der Waals surface area (Å²) in [6, 6.07) is 10.9. The van der Waals surface area contributed by atoms with Crippen molar-refractivity contribution in [2.24, 2.45) is 0 Å². The van der Waals surface area contributed by atoms with Crippen molar-refractivity contribution in [3.63, 3.8) is 0 Å². The molecule has 0 radical (unpaired) electrons. The van der Waals surface area contributed by atoms with Crippen molar-refractivity contribution in [1.29, 1.82) is 0 Å². The number of hydrogen-bond acceptors (Lipinski definition) is 6. The van der Waals surface area contributed by atoms with Gasteiger partial charge in [-0.2, -0.15) is 0 Å². The SMILES string of the molecule is CCc1nc2ccc(CN3CCN(c4ccc(C(=O)NC)nc4)[C@@H]4CC[C@@H]43)cc2[nH]c1=O. The van der Waals surface area contributed by atoms with E-state index in [0.29, 0.717) is 29.9 Å². The number of pyridine rings is 1. The number of carbonyl (C=O) groups excluding carboxylic acids is 1. The molecule has 0 spiro atoms. The molecule has 5 rings (SSSR count). The van der Waals surface area contributed by atoms with Gasteiger partial charge < -0.3 is 15.2 Å². The predicted octanol–water partition coefficient (Wildman–Crippen LogP) is 2.09. The first-order valence-electron chi connectivity index (χ1n) is 11.3. The molecule has 1 amide bonds. The number of aromatic nitrogens is 3. The molecular formula is C24H28N6O2. The number of piperazine rings is 1. The fourth-order valence-corrected chi connectivity index (χ4v) is 4.90. The van der Waals surface area contributed by atoms with Crippen LogP contribution in [0.2, 0.25) is 0 Å². The summed E-state index contributed by atoms with van der Waals surface area (Å²) in [4.78, 5) is 40.7.